The lowest BCUT2D eigenvalue weighted by molar-refractivity contribution is -0.139. The van der Waals surface area contributed by atoms with E-state index < -0.39 is 12.0 Å². The van der Waals surface area contributed by atoms with Gasteiger partial charge in [0.05, 0.1) is 22.4 Å². The minimum atomic E-state index is -0.615. The number of allylic oxidation sites excluding steroid dienone is 1. The van der Waals surface area contributed by atoms with Gasteiger partial charge in [-0.15, -0.1) is 16.2 Å². The zero-order valence-electron chi connectivity index (χ0n) is 19.7. The molecular weight excluding hydrogens is 498 g/mol. The minimum absolute atomic E-state index is 0.226. The van der Waals surface area contributed by atoms with E-state index in [0.717, 1.165) is 16.0 Å². The Labute approximate surface area is 213 Å². The van der Waals surface area contributed by atoms with Gasteiger partial charge in [-0.05, 0) is 67.2 Å². The fourth-order valence-electron chi connectivity index (χ4n) is 4.14. The summed E-state index contributed by atoms with van der Waals surface area (Å²) in [5.74, 6) is 0.562. The van der Waals surface area contributed by atoms with E-state index in [4.69, 9.17) is 9.15 Å². The smallest absolute Gasteiger partial charge is 0.338 e. The summed E-state index contributed by atoms with van der Waals surface area (Å²) in [7, 11) is 0. The minimum Gasteiger partial charge on any atom is -0.463 e. The highest BCUT2D eigenvalue weighted by Gasteiger charge is 2.33. The van der Waals surface area contributed by atoms with Crippen LogP contribution in [0.5, 0.6) is 0 Å². The molecule has 0 saturated carbocycles. The van der Waals surface area contributed by atoms with Gasteiger partial charge in [0.2, 0.25) is 0 Å². The van der Waals surface area contributed by atoms with E-state index >= 15 is 0 Å². The first-order valence-corrected chi connectivity index (χ1v) is 12.9. The van der Waals surface area contributed by atoms with Crippen molar-refractivity contribution in [3.8, 4) is 11.3 Å². The highest BCUT2D eigenvalue weighted by atomic mass is 32.1. The van der Waals surface area contributed by atoms with E-state index in [1.54, 1.807) is 54.8 Å². The second kappa shape index (κ2) is 9.63. The van der Waals surface area contributed by atoms with Gasteiger partial charge in [-0.25, -0.2) is 9.79 Å². The van der Waals surface area contributed by atoms with E-state index in [1.807, 2.05) is 24.4 Å². The molecule has 0 N–H and O–H groups in total. The number of benzene rings is 1. The molecule has 0 amide bonds. The van der Waals surface area contributed by atoms with Crippen molar-refractivity contribution in [3.63, 3.8) is 0 Å². The maximum Gasteiger partial charge on any atom is 0.338 e. The molecule has 1 unspecified atom stereocenters. The number of nitrogens with zero attached hydrogens (tertiary/aromatic N) is 3. The number of rotatable bonds is 6. The topological polar surface area (TPSA) is 103 Å². The SMILES string of the molecule is CCOC(=O)C1=C(C)N=c2s/c(=C/c3ccc(-c4cc(N=O)ccc4C)o3)c(=O)n2C1c1cccs1. The first kappa shape index (κ1) is 23.8. The molecule has 1 aliphatic rings. The van der Waals surface area contributed by atoms with Crippen LogP contribution >= 0.6 is 22.7 Å². The first-order chi connectivity index (χ1) is 17.4. The van der Waals surface area contributed by atoms with Crippen molar-refractivity contribution in [2.75, 3.05) is 6.61 Å². The molecule has 5 rings (SSSR count). The molecule has 0 fully saturated rings. The van der Waals surface area contributed by atoms with Crippen LogP contribution in [0.25, 0.3) is 17.4 Å². The molecule has 1 aromatic carbocycles. The van der Waals surface area contributed by atoms with Crippen molar-refractivity contribution in [1.82, 2.24) is 4.57 Å². The molecule has 182 valence electrons. The molecule has 8 nitrogen and oxygen atoms in total. The van der Waals surface area contributed by atoms with Gasteiger partial charge in [0.15, 0.2) is 4.80 Å². The molecule has 0 spiro atoms. The Morgan fingerprint density at radius 2 is 2.08 bits per heavy atom. The fourth-order valence-corrected chi connectivity index (χ4v) is 5.99. The van der Waals surface area contributed by atoms with Gasteiger partial charge < -0.3 is 9.15 Å². The van der Waals surface area contributed by atoms with Crippen LogP contribution in [0.15, 0.2) is 78.5 Å². The number of aromatic nitrogens is 1. The van der Waals surface area contributed by atoms with Crippen molar-refractivity contribution in [1.29, 1.82) is 0 Å². The van der Waals surface area contributed by atoms with Crippen LogP contribution in [-0.4, -0.2) is 17.1 Å². The van der Waals surface area contributed by atoms with Crippen LogP contribution < -0.4 is 14.9 Å². The monoisotopic (exact) mass is 519 g/mol. The zero-order chi connectivity index (χ0) is 25.4. The van der Waals surface area contributed by atoms with Gasteiger partial charge >= 0.3 is 5.97 Å². The van der Waals surface area contributed by atoms with Gasteiger partial charge in [0.1, 0.15) is 23.2 Å². The number of thiophene rings is 1. The summed E-state index contributed by atoms with van der Waals surface area (Å²) < 4.78 is 13.3. The number of carbonyl (C=O) groups is 1. The predicted octanol–water partition coefficient (Wildman–Crippen LogP) is 4.83. The normalized spacial score (nSPS) is 15.5. The first-order valence-electron chi connectivity index (χ1n) is 11.2. The molecule has 1 atom stereocenters. The molecule has 0 aliphatic carbocycles. The van der Waals surface area contributed by atoms with Gasteiger partial charge in [-0.3, -0.25) is 9.36 Å². The lowest BCUT2D eigenvalue weighted by Crippen LogP contribution is -2.39. The van der Waals surface area contributed by atoms with Crippen LogP contribution in [0, 0.1) is 11.8 Å². The number of furan rings is 1. The molecule has 4 aromatic rings. The number of esters is 1. The third-order valence-electron chi connectivity index (χ3n) is 5.82. The number of thiazole rings is 1. The van der Waals surface area contributed by atoms with Gasteiger partial charge in [0.25, 0.3) is 5.56 Å². The van der Waals surface area contributed by atoms with Crippen molar-refractivity contribution in [2.24, 2.45) is 10.2 Å². The third-order valence-corrected chi connectivity index (χ3v) is 7.73. The number of hydrogen-bond acceptors (Lipinski definition) is 9. The number of aryl methyl sites for hydroxylation is 1. The average molecular weight is 520 g/mol. The molecule has 10 heteroatoms. The van der Waals surface area contributed by atoms with Crippen LogP contribution in [0.2, 0.25) is 0 Å². The van der Waals surface area contributed by atoms with Crippen molar-refractivity contribution in [3.05, 3.63) is 99.9 Å². The van der Waals surface area contributed by atoms with Crippen molar-refractivity contribution in [2.45, 2.75) is 26.8 Å². The summed E-state index contributed by atoms with van der Waals surface area (Å²) in [4.78, 5) is 43.3. The van der Waals surface area contributed by atoms with Gasteiger partial charge in [-0.1, -0.05) is 23.5 Å². The number of ether oxygens (including phenoxy) is 1. The summed E-state index contributed by atoms with van der Waals surface area (Å²) in [5.41, 5.74) is 2.61. The van der Waals surface area contributed by atoms with E-state index in [-0.39, 0.29) is 12.2 Å². The molecule has 0 saturated heterocycles. The average Bonchev–Trinajstić information content (AvgIpc) is 3.61. The van der Waals surface area contributed by atoms with E-state index in [0.29, 0.717) is 37.8 Å². The molecule has 36 heavy (non-hydrogen) atoms. The Morgan fingerprint density at radius 3 is 2.81 bits per heavy atom. The third kappa shape index (κ3) is 4.18. The molecule has 4 heterocycles. The zero-order valence-corrected chi connectivity index (χ0v) is 21.3. The molecule has 3 aromatic heterocycles. The molecule has 1 aliphatic heterocycles. The Hall–Kier alpha value is -3.89. The quantitative estimate of drug-likeness (QED) is 0.268. The Kier molecular flexibility index (Phi) is 6.38. The second-order valence-corrected chi connectivity index (χ2v) is 10.1. The highest BCUT2D eigenvalue weighted by Crippen LogP contribution is 2.33. The van der Waals surface area contributed by atoms with Crippen LogP contribution in [-0.2, 0) is 9.53 Å². The summed E-state index contributed by atoms with van der Waals surface area (Å²) in [6, 6.07) is 11.8. The van der Waals surface area contributed by atoms with Crippen LogP contribution in [0.4, 0.5) is 5.69 Å². The van der Waals surface area contributed by atoms with Crippen molar-refractivity contribution < 1.29 is 13.9 Å². The Balaban J connectivity index is 1.62. The van der Waals surface area contributed by atoms with Gasteiger partial charge in [-0.2, -0.15) is 0 Å². The molecular formula is C26H21N3O5S2. The number of nitroso groups, excluding NO2 is 1. The Morgan fingerprint density at radius 1 is 1.25 bits per heavy atom. The maximum absolute atomic E-state index is 13.6. The maximum atomic E-state index is 13.6. The highest BCUT2D eigenvalue weighted by molar-refractivity contribution is 7.10. The Bertz CT molecular complexity index is 1690. The van der Waals surface area contributed by atoms with E-state index in [1.165, 1.54) is 22.7 Å². The lowest BCUT2D eigenvalue weighted by atomic mass is 10.0. The van der Waals surface area contributed by atoms with Gasteiger partial charge in [0, 0.05) is 16.5 Å². The summed E-state index contributed by atoms with van der Waals surface area (Å²) in [6.07, 6.45) is 1.67. The van der Waals surface area contributed by atoms with Crippen LogP contribution in [0.1, 0.15) is 36.1 Å². The summed E-state index contributed by atoms with van der Waals surface area (Å²) in [5, 5.41) is 4.90. The summed E-state index contributed by atoms with van der Waals surface area (Å²) in [6.45, 7) is 5.64. The largest absolute Gasteiger partial charge is 0.463 e. The molecule has 0 radical (unpaired) electrons. The standard InChI is InChI=1S/C26H21N3O5S2/c1-4-33-25(31)22-15(3)27-26-29(23(22)20-6-5-11-35-20)24(30)21(36-26)13-17-9-10-19(34-17)18-12-16(28-32)8-7-14(18)2/h5-13,23H,4H2,1-3H3/b21-13+. The van der Waals surface area contributed by atoms with Crippen LogP contribution in [0.3, 0.4) is 0 Å². The van der Waals surface area contributed by atoms with E-state index in [9.17, 15) is 14.5 Å². The van der Waals surface area contributed by atoms with E-state index in [2.05, 4.69) is 10.2 Å². The lowest BCUT2D eigenvalue weighted by Gasteiger charge is -2.23. The second-order valence-electron chi connectivity index (χ2n) is 8.11. The number of fused-ring (bicyclic) bond motifs is 1. The van der Waals surface area contributed by atoms with Crippen molar-refractivity contribution >= 4 is 40.4 Å². The predicted molar refractivity (Wildman–Crippen MR) is 139 cm³/mol. The molecule has 0 bridgehead atoms. The fraction of sp³-hybridized carbons (Fsp3) is 0.192. The number of carbonyl (C=O) groups excluding carboxylic acids is 1. The number of hydrogen-bond donors (Lipinski definition) is 0. The summed E-state index contributed by atoms with van der Waals surface area (Å²) >= 11 is 2.70.